The van der Waals surface area contributed by atoms with Gasteiger partial charge in [-0.15, -0.1) is 0 Å². The number of hydrogen-bond acceptors (Lipinski definition) is 2. The molecule has 0 atom stereocenters. The maximum atomic E-state index is 9.17. The fraction of sp³-hybridized carbons (Fsp3) is 0.444. The summed E-state index contributed by atoms with van der Waals surface area (Å²) in [5.41, 5.74) is 11.4. The lowest BCUT2D eigenvalue weighted by molar-refractivity contribution is -0.439. The van der Waals surface area contributed by atoms with Crippen LogP contribution in [0.5, 0.6) is 0 Å². The Labute approximate surface area is 236 Å². The molecule has 0 unspecified atom stereocenters. The minimum Gasteiger partial charge on any atom is -0.344 e. The van der Waals surface area contributed by atoms with Crippen LogP contribution in [0.25, 0.3) is 0 Å². The van der Waals surface area contributed by atoms with E-state index in [1.165, 1.54) is 45.1 Å². The van der Waals surface area contributed by atoms with Gasteiger partial charge in [0.2, 0.25) is 5.69 Å². The highest BCUT2D eigenvalue weighted by atomic mass is 15.2. The van der Waals surface area contributed by atoms with Gasteiger partial charge in [-0.25, -0.2) is 0 Å². The molecule has 0 aromatic heterocycles. The van der Waals surface area contributed by atoms with Crippen molar-refractivity contribution in [1.29, 1.82) is 5.41 Å². The van der Waals surface area contributed by atoms with Gasteiger partial charge in [0.15, 0.2) is 5.71 Å². The second-order valence-corrected chi connectivity index (χ2v) is 12.4. The number of fused-ring (bicyclic) bond motifs is 2. The fourth-order valence-electron chi connectivity index (χ4n) is 7.02. The van der Waals surface area contributed by atoms with Crippen LogP contribution in [0, 0.1) is 5.41 Å². The summed E-state index contributed by atoms with van der Waals surface area (Å²) >= 11 is 0. The van der Waals surface area contributed by atoms with Crippen LogP contribution in [-0.4, -0.2) is 29.1 Å². The Hall–Kier alpha value is -3.20. The predicted octanol–water partition coefficient (Wildman–Crippen LogP) is 9.01. The maximum Gasteiger partial charge on any atom is 0.209 e. The Kier molecular flexibility index (Phi) is 7.55. The molecule has 5 rings (SSSR count). The number of rotatable bonds is 7. The normalized spacial score (nSPS) is 22.8. The molecule has 1 fully saturated rings. The average Bonchev–Trinajstić information content (AvgIpc) is 3.27. The van der Waals surface area contributed by atoms with E-state index in [1.54, 1.807) is 0 Å². The molecule has 1 N–H and O–H groups in total. The van der Waals surface area contributed by atoms with Gasteiger partial charge in [-0.2, -0.15) is 4.58 Å². The Morgan fingerprint density at radius 3 is 2.28 bits per heavy atom. The second-order valence-electron chi connectivity index (χ2n) is 12.4. The number of benzene rings is 2. The molecule has 0 bridgehead atoms. The second kappa shape index (κ2) is 10.8. The topological polar surface area (TPSA) is 30.1 Å². The molecule has 3 aliphatic rings. The smallest absolute Gasteiger partial charge is 0.209 e. The van der Waals surface area contributed by atoms with Crippen LogP contribution in [-0.2, 0) is 10.8 Å². The van der Waals surface area contributed by atoms with Gasteiger partial charge in [0.1, 0.15) is 6.54 Å². The quantitative estimate of drug-likeness (QED) is 0.363. The molecule has 0 amide bonds. The van der Waals surface area contributed by atoms with Gasteiger partial charge in [-0.3, -0.25) is 0 Å². The maximum absolute atomic E-state index is 9.17. The number of anilines is 1. The molecule has 0 radical (unpaired) electrons. The molecule has 3 heteroatoms. The van der Waals surface area contributed by atoms with Crippen molar-refractivity contribution in [3.8, 4) is 0 Å². The van der Waals surface area contributed by atoms with Gasteiger partial charge in [0, 0.05) is 47.8 Å². The number of nitrogens with zero attached hydrogens (tertiary/aromatic N) is 2. The summed E-state index contributed by atoms with van der Waals surface area (Å²) in [7, 11) is 0. The SMILES string of the molecule is CCCN1C(=CC=C2CCCC(=CCC3=[N+](CCC)c4ccccc4C3(C)C)C2=N)C(C)(C)c2ccccc21. The Morgan fingerprint density at radius 2 is 1.54 bits per heavy atom. The molecule has 0 saturated heterocycles. The van der Waals surface area contributed by atoms with E-state index in [-0.39, 0.29) is 10.8 Å². The van der Waals surface area contributed by atoms with Crippen molar-refractivity contribution >= 4 is 22.8 Å². The first-order valence-electron chi connectivity index (χ1n) is 15.0. The van der Waals surface area contributed by atoms with Crippen molar-refractivity contribution in [2.24, 2.45) is 0 Å². The van der Waals surface area contributed by atoms with E-state index in [2.05, 4.69) is 118 Å². The first-order valence-corrected chi connectivity index (χ1v) is 15.0. The van der Waals surface area contributed by atoms with E-state index in [4.69, 9.17) is 5.41 Å². The lowest BCUT2D eigenvalue weighted by Gasteiger charge is -2.27. The third-order valence-electron chi connectivity index (χ3n) is 9.13. The zero-order chi connectivity index (χ0) is 27.8. The summed E-state index contributed by atoms with van der Waals surface area (Å²) < 4.78 is 2.54. The van der Waals surface area contributed by atoms with E-state index in [1.807, 2.05) is 0 Å². The summed E-state index contributed by atoms with van der Waals surface area (Å²) in [5.74, 6) is 0. The molecule has 2 aliphatic heterocycles. The standard InChI is InChI=1S/C36H46N3/c1-7-24-38-30-18-11-9-16-28(30)35(3,4)32(38)22-20-26-14-13-15-27(34(26)37)21-23-33-36(5,6)29-17-10-12-19-31(29)39(33)25-8-2/h9-12,16-22,37H,7-8,13-15,23-25H2,1-6H3/q+1. The van der Waals surface area contributed by atoms with Crippen LogP contribution in [0.2, 0.25) is 0 Å². The molecule has 204 valence electrons. The third-order valence-corrected chi connectivity index (χ3v) is 9.13. The van der Waals surface area contributed by atoms with Crippen LogP contribution < -0.4 is 4.90 Å². The van der Waals surface area contributed by atoms with Crippen LogP contribution in [0.4, 0.5) is 11.4 Å². The Balaban J connectivity index is 1.43. The van der Waals surface area contributed by atoms with Crippen molar-refractivity contribution in [3.05, 3.63) is 94.7 Å². The van der Waals surface area contributed by atoms with Gasteiger partial charge >= 0.3 is 0 Å². The van der Waals surface area contributed by atoms with Crippen LogP contribution in [0.15, 0.2) is 83.6 Å². The van der Waals surface area contributed by atoms with Crippen LogP contribution in [0.3, 0.4) is 0 Å². The van der Waals surface area contributed by atoms with Gasteiger partial charge < -0.3 is 10.3 Å². The minimum atomic E-state index is -0.0409. The molecule has 1 saturated carbocycles. The third kappa shape index (κ3) is 4.75. The number of nitrogens with one attached hydrogen (secondary N) is 1. The Morgan fingerprint density at radius 1 is 0.846 bits per heavy atom. The zero-order valence-corrected chi connectivity index (χ0v) is 24.9. The number of para-hydroxylation sites is 2. The highest BCUT2D eigenvalue weighted by Crippen LogP contribution is 2.48. The molecular formula is C36H46N3+. The van der Waals surface area contributed by atoms with Gasteiger partial charge in [-0.05, 0) is 68.4 Å². The molecular weight excluding hydrogens is 474 g/mol. The Bertz CT molecular complexity index is 1400. The molecule has 2 aromatic rings. The summed E-state index contributed by atoms with van der Waals surface area (Å²) in [6.07, 6.45) is 13.2. The van der Waals surface area contributed by atoms with Crippen molar-refractivity contribution < 1.29 is 4.58 Å². The van der Waals surface area contributed by atoms with Crippen molar-refractivity contribution in [2.45, 2.75) is 90.9 Å². The molecule has 0 spiro atoms. The van der Waals surface area contributed by atoms with Gasteiger partial charge in [-0.1, -0.05) is 76.2 Å². The monoisotopic (exact) mass is 520 g/mol. The summed E-state index contributed by atoms with van der Waals surface area (Å²) in [4.78, 5) is 2.49. The number of allylic oxidation sites excluding steroid dienone is 6. The fourth-order valence-corrected chi connectivity index (χ4v) is 7.02. The molecule has 3 nitrogen and oxygen atoms in total. The molecule has 2 heterocycles. The first kappa shape index (κ1) is 27.4. The highest BCUT2D eigenvalue weighted by Gasteiger charge is 2.44. The summed E-state index contributed by atoms with van der Waals surface area (Å²) in [6.45, 7) is 16.0. The zero-order valence-electron chi connectivity index (χ0n) is 24.9. The van der Waals surface area contributed by atoms with Gasteiger partial charge in [0.25, 0.3) is 0 Å². The van der Waals surface area contributed by atoms with Gasteiger partial charge in [0.05, 0.1) is 11.1 Å². The van der Waals surface area contributed by atoms with Crippen molar-refractivity contribution in [3.63, 3.8) is 0 Å². The van der Waals surface area contributed by atoms with E-state index < -0.39 is 0 Å². The molecule has 2 aromatic carbocycles. The lowest BCUT2D eigenvalue weighted by atomic mass is 9.79. The van der Waals surface area contributed by atoms with Crippen molar-refractivity contribution in [2.75, 3.05) is 18.0 Å². The van der Waals surface area contributed by atoms with Crippen LogP contribution >= 0.6 is 0 Å². The van der Waals surface area contributed by atoms with E-state index >= 15 is 0 Å². The minimum absolute atomic E-state index is 0.00850. The average molecular weight is 521 g/mol. The first-order chi connectivity index (χ1) is 18.7. The van der Waals surface area contributed by atoms with E-state index in [9.17, 15) is 0 Å². The largest absolute Gasteiger partial charge is 0.344 e. The lowest BCUT2D eigenvalue weighted by Crippen LogP contribution is -2.29. The van der Waals surface area contributed by atoms with Crippen LogP contribution in [0.1, 0.15) is 91.2 Å². The highest BCUT2D eigenvalue weighted by molar-refractivity contribution is 6.11. The summed E-state index contributed by atoms with van der Waals surface area (Å²) in [5, 5.41) is 9.17. The molecule has 1 aliphatic carbocycles. The van der Waals surface area contributed by atoms with Crippen molar-refractivity contribution in [1.82, 2.24) is 0 Å². The number of hydrogen-bond donors (Lipinski definition) is 1. The van der Waals surface area contributed by atoms with E-state index in [0.29, 0.717) is 0 Å². The molecule has 39 heavy (non-hydrogen) atoms. The summed E-state index contributed by atoms with van der Waals surface area (Å²) in [6, 6.07) is 17.7. The predicted molar refractivity (Wildman–Crippen MR) is 167 cm³/mol. The van der Waals surface area contributed by atoms with E-state index in [0.717, 1.165) is 57.3 Å².